The van der Waals surface area contributed by atoms with Gasteiger partial charge in [-0.25, -0.2) is 4.98 Å². The second kappa shape index (κ2) is 4.99. The van der Waals surface area contributed by atoms with Crippen molar-refractivity contribution >= 4 is 22.4 Å². The minimum atomic E-state index is -0.371. The van der Waals surface area contributed by atoms with Crippen LogP contribution < -0.4 is 5.32 Å². The van der Waals surface area contributed by atoms with Gasteiger partial charge in [0.25, 0.3) is 5.91 Å². The number of rotatable bonds is 3. The number of thiazole rings is 1. The van der Waals surface area contributed by atoms with E-state index in [9.17, 15) is 4.79 Å². The van der Waals surface area contributed by atoms with Crippen molar-refractivity contribution in [2.75, 3.05) is 5.32 Å². The Kier molecular flexibility index (Phi) is 3.03. The second-order valence-electron chi connectivity index (χ2n) is 3.61. The van der Waals surface area contributed by atoms with Gasteiger partial charge in [-0.15, -0.1) is 11.3 Å². The van der Waals surface area contributed by atoms with Crippen LogP contribution in [0.2, 0.25) is 0 Å². The Morgan fingerprint density at radius 2 is 2.26 bits per heavy atom. The first kappa shape index (κ1) is 11.5. The molecule has 0 aliphatic carbocycles. The van der Waals surface area contributed by atoms with E-state index in [0.29, 0.717) is 5.13 Å². The molecule has 0 unspecified atom stereocenters. The zero-order valence-electron chi connectivity index (χ0n) is 9.61. The van der Waals surface area contributed by atoms with E-state index in [0.717, 1.165) is 11.3 Å². The lowest BCUT2D eigenvalue weighted by molar-refractivity contribution is 0.0988. The molecule has 0 bridgehead atoms. The van der Waals surface area contributed by atoms with Crippen molar-refractivity contribution in [1.82, 2.24) is 15.1 Å². The van der Waals surface area contributed by atoms with Gasteiger partial charge in [0.2, 0.25) is 5.76 Å². The number of carbonyl (C=O) groups excluding carboxylic acids is 1. The molecule has 0 radical (unpaired) electrons. The van der Waals surface area contributed by atoms with Crippen molar-refractivity contribution < 1.29 is 9.32 Å². The Hall–Kier alpha value is -2.54. The predicted octanol–water partition coefficient (Wildman–Crippen LogP) is 2.45. The first-order valence-electron chi connectivity index (χ1n) is 5.41. The van der Waals surface area contributed by atoms with Crippen molar-refractivity contribution in [2.45, 2.75) is 0 Å². The fourth-order valence-corrected chi connectivity index (χ4v) is 2.18. The Morgan fingerprint density at radius 3 is 3.00 bits per heavy atom. The molecule has 0 spiro atoms. The van der Waals surface area contributed by atoms with Crippen LogP contribution in [0.1, 0.15) is 10.6 Å². The summed E-state index contributed by atoms with van der Waals surface area (Å²) in [6.07, 6.45) is 4.83. The highest BCUT2D eigenvalue weighted by atomic mass is 32.1. The van der Waals surface area contributed by atoms with Gasteiger partial charge in [-0.2, -0.15) is 0 Å². The number of nitrogens with one attached hydrogen (secondary N) is 1. The summed E-state index contributed by atoms with van der Waals surface area (Å²) in [5.74, 6) is -0.220. The van der Waals surface area contributed by atoms with Crippen LogP contribution in [0.5, 0.6) is 0 Å². The van der Waals surface area contributed by atoms with E-state index in [1.165, 1.54) is 23.6 Å². The maximum Gasteiger partial charge on any atom is 0.296 e. The highest BCUT2D eigenvalue weighted by Gasteiger charge is 2.12. The molecule has 7 heteroatoms. The normalized spacial score (nSPS) is 10.3. The molecule has 1 amide bonds. The van der Waals surface area contributed by atoms with Crippen LogP contribution in [0.15, 0.2) is 46.7 Å². The SMILES string of the molecule is O=C(Nc1nc(-c2cccnc2)cs1)c1ccno1. The van der Waals surface area contributed by atoms with Crippen molar-refractivity contribution in [3.8, 4) is 11.3 Å². The zero-order valence-corrected chi connectivity index (χ0v) is 10.4. The Balaban J connectivity index is 1.77. The fourth-order valence-electron chi connectivity index (χ4n) is 1.47. The van der Waals surface area contributed by atoms with Gasteiger partial charge < -0.3 is 4.52 Å². The molecule has 0 saturated carbocycles. The molecule has 0 atom stereocenters. The van der Waals surface area contributed by atoms with E-state index in [2.05, 4.69) is 20.4 Å². The van der Waals surface area contributed by atoms with Gasteiger partial charge in [0.1, 0.15) is 0 Å². The maximum atomic E-state index is 11.7. The molecule has 3 heterocycles. The van der Waals surface area contributed by atoms with Gasteiger partial charge in [0, 0.05) is 29.4 Å². The number of aromatic nitrogens is 3. The smallest absolute Gasteiger partial charge is 0.296 e. The van der Waals surface area contributed by atoms with Gasteiger partial charge in [0.05, 0.1) is 11.9 Å². The fraction of sp³-hybridized carbons (Fsp3) is 0. The highest BCUT2D eigenvalue weighted by molar-refractivity contribution is 7.14. The lowest BCUT2D eigenvalue weighted by Gasteiger charge is -1.96. The molecular formula is C12H8N4O2S. The number of pyridine rings is 1. The predicted molar refractivity (Wildman–Crippen MR) is 69.8 cm³/mol. The van der Waals surface area contributed by atoms with Crippen molar-refractivity contribution in [3.63, 3.8) is 0 Å². The van der Waals surface area contributed by atoms with Crippen molar-refractivity contribution in [2.24, 2.45) is 0 Å². The van der Waals surface area contributed by atoms with Crippen LogP contribution in [-0.4, -0.2) is 21.0 Å². The van der Waals surface area contributed by atoms with Crippen LogP contribution in [0.3, 0.4) is 0 Å². The molecule has 3 rings (SSSR count). The van der Waals surface area contributed by atoms with Gasteiger partial charge >= 0.3 is 0 Å². The van der Waals surface area contributed by atoms with Crippen LogP contribution in [0, 0.1) is 0 Å². The molecule has 0 aromatic carbocycles. The minimum absolute atomic E-state index is 0.151. The summed E-state index contributed by atoms with van der Waals surface area (Å²) in [7, 11) is 0. The molecule has 3 aromatic rings. The number of nitrogens with zero attached hydrogens (tertiary/aromatic N) is 3. The van der Waals surface area contributed by atoms with Crippen LogP contribution in [0.4, 0.5) is 5.13 Å². The molecule has 0 saturated heterocycles. The number of hydrogen-bond donors (Lipinski definition) is 1. The maximum absolute atomic E-state index is 11.7. The summed E-state index contributed by atoms with van der Waals surface area (Å²) in [6, 6.07) is 5.23. The largest absolute Gasteiger partial charge is 0.351 e. The Bertz CT molecular complexity index is 679. The number of amides is 1. The van der Waals surface area contributed by atoms with E-state index in [1.54, 1.807) is 12.4 Å². The highest BCUT2D eigenvalue weighted by Crippen LogP contribution is 2.24. The van der Waals surface area contributed by atoms with E-state index in [-0.39, 0.29) is 11.7 Å². The second-order valence-corrected chi connectivity index (χ2v) is 4.47. The molecule has 1 N–H and O–H groups in total. The lowest BCUT2D eigenvalue weighted by Crippen LogP contribution is -2.10. The molecule has 3 aromatic heterocycles. The first-order chi connectivity index (χ1) is 9.33. The Labute approximate surface area is 112 Å². The summed E-state index contributed by atoms with van der Waals surface area (Å²) in [6.45, 7) is 0. The summed E-state index contributed by atoms with van der Waals surface area (Å²) in [5, 5.41) is 8.48. The van der Waals surface area contributed by atoms with Gasteiger partial charge in [-0.3, -0.25) is 15.1 Å². The van der Waals surface area contributed by atoms with Gasteiger partial charge in [-0.1, -0.05) is 5.16 Å². The van der Waals surface area contributed by atoms with Gasteiger partial charge in [0.15, 0.2) is 5.13 Å². The molecule has 0 aliphatic rings. The van der Waals surface area contributed by atoms with Crippen molar-refractivity contribution in [1.29, 1.82) is 0 Å². The van der Waals surface area contributed by atoms with Crippen LogP contribution in [0.25, 0.3) is 11.3 Å². The average molecular weight is 272 g/mol. The molecule has 0 aliphatic heterocycles. The molecule has 6 nitrogen and oxygen atoms in total. The summed E-state index contributed by atoms with van der Waals surface area (Å²) in [4.78, 5) is 20.1. The van der Waals surface area contributed by atoms with E-state index >= 15 is 0 Å². The van der Waals surface area contributed by atoms with E-state index in [4.69, 9.17) is 4.52 Å². The number of anilines is 1. The lowest BCUT2D eigenvalue weighted by atomic mass is 10.2. The van der Waals surface area contributed by atoms with Crippen LogP contribution >= 0.6 is 11.3 Å². The molecule has 0 fully saturated rings. The number of hydrogen-bond acceptors (Lipinski definition) is 6. The summed E-state index contributed by atoms with van der Waals surface area (Å²) < 4.78 is 4.76. The van der Waals surface area contributed by atoms with Gasteiger partial charge in [-0.05, 0) is 12.1 Å². The van der Waals surface area contributed by atoms with Crippen LogP contribution in [-0.2, 0) is 0 Å². The average Bonchev–Trinajstić information content (AvgIpc) is 3.11. The van der Waals surface area contributed by atoms with E-state index in [1.807, 2.05) is 17.5 Å². The zero-order chi connectivity index (χ0) is 13.1. The third-order valence-electron chi connectivity index (χ3n) is 2.34. The number of carbonyl (C=O) groups is 1. The quantitative estimate of drug-likeness (QED) is 0.792. The summed E-state index contributed by atoms with van der Waals surface area (Å²) >= 11 is 1.34. The third-order valence-corrected chi connectivity index (χ3v) is 3.10. The third kappa shape index (κ3) is 2.50. The molecular weight excluding hydrogens is 264 g/mol. The molecule has 94 valence electrons. The molecule has 19 heavy (non-hydrogen) atoms. The Morgan fingerprint density at radius 1 is 1.32 bits per heavy atom. The van der Waals surface area contributed by atoms with Crippen molar-refractivity contribution in [3.05, 3.63) is 47.9 Å². The monoisotopic (exact) mass is 272 g/mol. The minimum Gasteiger partial charge on any atom is -0.351 e. The topological polar surface area (TPSA) is 80.9 Å². The summed E-state index contributed by atoms with van der Waals surface area (Å²) in [5.41, 5.74) is 1.67. The standard InChI is InChI=1S/C12H8N4O2S/c17-11(10-3-5-14-18-10)16-12-15-9(7-19-12)8-2-1-4-13-6-8/h1-7H,(H,15,16,17). The first-order valence-corrected chi connectivity index (χ1v) is 6.29. The van der Waals surface area contributed by atoms with E-state index < -0.39 is 0 Å².